The van der Waals surface area contributed by atoms with Crippen LogP contribution in [0, 0.1) is 11.3 Å². The number of aromatic carboxylic acids is 1. The van der Waals surface area contributed by atoms with Crippen LogP contribution in [0.5, 0.6) is 0 Å². The van der Waals surface area contributed by atoms with Crippen molar-refractivity contribution < 1.29 is 9.90 Å². The van der Waals surface area contributed by atoms with E-state index in [4.69, 9.17) is 10.4 Å². The highest BCUT2D eigenvalue weighted by molar-refractivity contribution is 7.13. The van der Waals surface area contributed by atoms with E-state index in [1.165, 1.54) is 17.4 Å². The Morgan fingerprint density at radius 2 is 2.40 bits per heavy atom. The van der Waals surface area contributed by atoms with Crippen molar-refractivity contribution in [2.75, 3.05) is 0 Å². The van der Waals surface area contributed by atoms with Crippen LogP contribution in [0.4, 0.5) is 0 Å². The first kappa shape index (κ1) is 9.43. The van der Waals surface area contributed by atoms with Crippen molar-refractivity contribution in [1.82, 2.24) is 10.2 Å². The van der Waals surface area contributed by atoms with Crippen molar-refractivity contribution in [3.8, 4) is 16.6 Å². The summed E-state index contributed by atoms with van der Waals surface area (Å²) < 4.78 is 0. The molecule has 0 unspecified atom stereocenters. The first-order valence-corrected chi connectivity index (χ1v) is 4.86. The van der Waals surface area contributed by atoms with Gasteiger partial charge in [-0.15, -0.1) is 11.3 Å². The Kier molecular flexibility index (Phi) is 2.23. The Morgan fingerprint density at radius 3 is 2.93 bits per heavy atom. The minimum Gasteiger partial charge on any atom is -0.476 e. The van der Waals surface area contributed by atoms with Gasteiger partial charge in [0.25, 0.3) is 0 Å². The molecule has 74 valence electrons. The number of hydrogen-bond acceptors (Lipinski definition) is 4. The lowest BCUT2D eigenvalue weighted by atomic mass is 10.3. The summed E-state index contributed by atoms with van der Waals surface area (Å²) in [4.78, 5) is 11.4. The minimum absolute atomic E-state index is 0.0306. The Morgan fingerprint density at radius 1 is 1.60 bits per heavy atom. The highest BCUT2D eigenvalue weighted by Gasteiger charge is 2.10. The van der Waals surface area contributed by atoms with E-state index in [9.17, 15) is 4.79 Å². The molecule has 0 spiro atoms. The standard InChI is InChI=1S/C9H5N3O2S/c10-3-5-1-8(15-4-5)6-2-7(9(13)14)12-11-6/h1-2,4H,(H,11,12)(H,13,14). The zero-order chi connectivity index (χ0) is 10.8. The Bertz CT molecular complexity index is 550. The molecule has 2 aromatic rings. The van der Waals surface area contributed by atoms with Crippen LogP contribution in [-0.4, -0.2) is 21.3 Å². The molecule has 0 radical (unpaired) electrons. The number of H-pyrrole nitrogens is 1. The van der Waals surface area contributed by atoms with E-state index in [1.807, 2.05) is 6.07 Å². The lowest BCUT2D eigenvalue weighted by Crippen LogP contribution is -1.95. The zero-order valence-electron chi connectivity index (χ0n) is 7.39. The summed E-state index contributed by atoms with van der Waals surface area (Å²) in [5.41, 5.74) is 1.14. The number of rotatable bonds is 2. The molecule has 0 aliphatic rings. The lowest BCUT2D eigenvalue weighted by molar-refractivity contribution is 0.0690. The maximum absolute atomic E-state index is 10.6. The van der Waals surface area contributed by atoms with Crippen LogP contribution in [0.1, 0.15) is 16.1 Å². The van der Waals surface area contributed by atoms with Crippen LogP contribution in [0.25, 0.3) is 10.6 Å². The molecular weight excluding hydrogens is 214 g/mol. The van der Waals surface area contributed by atoms with Crippen LogP contribution in [0.2, 0.25) is 0 Å². The summed E-state index contributed by atoms with van der Waals surface area (Å²) in [5.74, 6) is -1.07. The summed E-state index contributed by atoms with van der Waals surface area (Å²) in [6, 6.07) is 5.13. The van der Waals surface area contributed by atoms with Crippen molar-refractivity contribution in [3.63, 3.8) is 0 Å². The molecule has 0 aromatic carbocycles. The molecule has 0 saturated heterocycles. The SMILES string of the molecule is N#Cc1csc(-c2cc(C(=O)O)n[nH]2)c1. The molecule has 2 heterocycles. The molecule has 2 aromatic heterocycles. The van der Waals surface area contributed by atoms with Gasteiger partial charge in [-0.05, 0) is 12.1 Å². The molecule has 0 atom stereocenters. The molecule has 2 N–H and O–H groups in total. The molecule has 0 aliphatic carbocycles. The van der Waals surface area contributed by atoms with Crippen molar-refractivity contribution >= 4 is 17.3 Å². The van der Waals surface area contributed by atoms with Crippen LogP contribution in [0.3, 0.4) is 0 Å². The van der Waals surface area contributed by atoms with E-state index in [-0.39, 0.29) is 5.69 Å². The number of aromatic amines is 1. The number of thiophene rings is 1. The number of nitriles is 1. The fourth-order valence-electron chi connectivity index (χ4n) is 1.09. The van der Waals surface area contributed by atoms with Crippen LogP contribution in [0.15, 0.2) is 17.5 Å². The second kappa shape index (κ2) is 3.55. The van der Waals surface area contributed by atoms with Crippen LogP contribution < -0.4 is 0 Å². The predicted octanol–water partition coefficient (Wildman–Crippen LogP) is 1.71. The summed E-state index contributed by atoms with van der Waals surface area (Å²) in [6.07, 6.45) is 0. The summed E-state index contributed by atoms with van der Waals surface area (Å²) in [7, 11) is 0. The van der Waals surface area contributed by atoms with Crippen molar-refractivity contribution in [3.05, 3.63) is 28.8 Å². The van der Waals surface area contributed by atoms with Gasteiger partial charge >= 0.3 is 5.97 Å². The van der Waals surface area contributed by atoms with E-state index in [0.717, 1.165) is 4.88 Å². The first-order chi connectivity index (χ1) is 7.20. The Balaban J connectivity index is 2.38. The predicted molar refractivity (Wildman–Crippen MR) is 53.6 cm³/mol. The Hall–Kier alpha value is -2.13. The molecule has 6 heteroatoms. The largest absolute Gasteiger partial charge is 0.476 e. The van der Waals surface area contributed by atoms with Crippen LogP contribution in [-0.2, 0) is 0 Å². The highest BCUT2D eigenvalue weighted by atomic mass is 32.1. The summed E-state index contributed by atoms with van der Waals surface area (Å²) in [6.45, 7) is 0. The third-order valence-electron chi connectivity index (χ3n) is 1.79. The van der Waals surface area contributed by atoms with Gasteiger partial charge in [0, 0.05) is 5.38 Å². The maximum atomic E-state index is 10.6. The van der Waals surface area contributed by atoms with Gasteiger partial charge in [-0.2, -0.15) is 10.4 Å². The third-order valence-corrected chi connectivity index (χ3v) is 2.75. The van der Waals surface area contributed by atoms with Gasteiger partial charge in [-0.25, -0.2) is 4.79 Å². The summed E-state index contributed by atoms with van der Waals surface area (Å²) in [5, 5.41) is 25.2. The topological polar surface area (TPSA) is 89.8 Å². The van der Waals surface area contributed by atoms with Crippen molar-refractivity contribution in [2.24, 2.45) is 0 Å². The lowest BCUT2D eigenvalue weighted by Gasteiger charge is -1.86. The van der Waals surface area contributed by atoms with E-state index in [1.54, 1.807) is 11.4 Å². The molecule has 0 aliphatic heterocycles. The number of hydrogen-bond donors (Lipinski definition) is 2. The van der Waals surface area contributed by atoms with Gasteiger partial charge in [-0.1, -0.05) is 0 Å². The van der Waals surface area contributed by atoms with Gasteiger partial charge in [-0.3, -0.25) is 5.10 Å². The molecule has 0 amide bonds. The minimum atomic E-state index is -1.07. The van der Waals surface area contributed by atoms with Gasteiger partial charge in [0.1, 0.15) is 6.07 Å². The molecular formula is C9H5N3O2S. The van der Waals surface area contributed by atoms with Crippen LogP contribution >= 0.6 is 11.3 Å². The van der Waals surface area contributed by atoms with E-state index < -0.39 is 5.97 Å². The second-order valence-electron chi connectivity index (χ2n) is 2.78. The van der Waals surface area contributed by atoms with Gasteiger partial charge in [0.05, 0.1) is 16.1 Å². The fraction of sp³-hybridized carbons (Fsp3) is 0. The number of carbonyl (C=O) groups is 1. The molecule has 5 nitrogen and oxygen atoms in total. The molecule has 15 heavy (non-hydrogen) atoms. The maximum Gasteiger partial charge on any atom is 0.356 e. The van der Waals surface area contributed by atoms with E-state index >= 15 is 0 Å². The van der Waals surface area contributed by atoms with Gasteiger partial charge < -0.3 is 5.11 Å². The van der Waals surface area contributed by atoms with E-state index in [2.05, 4.69) is 10.2 Å². The van der Waals surface area contributed by atoms with E-state index in [0.29, 0.717) is 11.3 Å². The number of aromatic nitrogens is 2. The number of nitrogens with zero attached hydrogens (tertiary/aromatic N) is 2. The van der Waals surface area contributed by atoms with Gasteiger partial charge in [0.15, 0.2) is 5.69 Å². The quantitative estimate of drug-likeness (QED) is 0.804. The molecule has 2 rings (SSSR count). The molecule has 0 bridgehead atoms. The number of carboxylic acids is 1. The zero-order valence-corrected chi connectivity index (χ0v) is 8.21. The normalized spacial score (nSPS) is 9.80. The average Bonchev–Trinajstić information content (AvgIpc) is 2.86. The second-order valence-corrected chi connectivity index (χ2v) is 3.69. The van der Waals surface area contributed by atoms with Gasteiger partial charge in [0.2, 0.25) is 0 Å². The monoisotopic (exact) mass is 219 g/mol. The number of nitrogens with one attached hydrogen (secondary N) is 1. The third kappa shape index (κ3) is 1.73. The Labute approximate surface area is 88.6 Å². The van der Waals surface area contributed by atoms with Crippen molar-refractivity contribution in [1.29, 1.82) is 5.26 Å². The average molecular weight is 219 g/mol. The smallest absolute Gasteiger partial charge is 0.356 e. The van der Waals surface area contributed by atoms with Crippen molar-refractivity contribution in [2.45, 2.75) is 0 Å². The summed E-state index contributed by atoms with van der Waals surface area (Å²) >= 11 is 1.37. The first-order valence-electron chi connectivity index (χ1n) is 3.98. The molecule has 0 saturated carbocycles. The fourth-order valence-corrected chi connectivity index (χ4v) is 1.89. The molecule has 0 fully saturated rings. The number of carboxylic acid groups (broad SMARTS) is 1. The highest BCUT2D eigenvalue weighted by Crippen LogP contribution is 2.25.